The molecule has 166 valence electrons. The number of fused-ring (bicyclic) bond motifs is 1. The highest BCUT2D eigenvalue weighted by molar-refractivity contribution is 5.75. The molecule has 4 aromatic rings. The Morgan fingerprint density at radius 1 is 1.00 bits per heavy atom. The molecular weight excluding hydrogens is 400 g/mol. The zero-order valence-corrected chi connectivity index (χ0v) is 19.3. The monoisotopic (exact) mass is 430 g/mol. The Balaban J connectivity index is 1.53. The number of benzene rings is 2. The van der Waals surface area contributed by atoms with Crippen LogP contribution in [0, 0.1) is 13.8 Å². The second kappa shape index (κ2) is 9.36. The first-order valence-corrected chi connectivity index (χ1v) is 10.8. The number of nitrogens with one attached hydrogen (secondary N) is 1. The van der Waals surface area contributed by atoms with Gasteiger partial charge >= 0.3 is 0 Å². The van der Waals surface area contributed by atoms with Crippen LogP contribution in [-0.2, 0) is 6.54 Å². The number of ether oxygens (including phenoxy) is 1. The summed E-state index contributed by atoms with van der Waals surface area (Å²) in [4.78, 5) is 16.2. The molecule has 0 aliphatic carbocycles. The van der Waals surface area contributed by atoms with Crippen molar-refractivity contribution < 1.29 is 4.74 Å². The fourth-order valence-electron chi connectivity index (χ4n) is 3.98. The number of aryl methyl sites for hydroxylation is 2. The molecule has 7 nitrogen and oxygen atoms in total. The summed E-state index contributed by atoms with van der Waals surface area (Å²) in [5.74, 6) is 3.41. The lowest BCUT2D eigenvalue weighted by Gasteiger charge is -2.25. The summed E-state index contributed by atoms with van der Waals surface area (Å²) in [6, 6.07) is 18.6. The lowest BCUT2D eigenvalue weighted by atomic mass is 10.1. The van der Waals surface area contributed by atoms with Crippen molar-refractivity contribution >= 4 is 16.9 Å². The van der Waals surface area contributed by atoms with Crippen molar-refractivity contribution in [3.8, 4) is 5.75 Å². The van der Waals surface area contributed by atoms with E-state index >= 15 is 0 Å². The number of aromatic nitrogens is 4. The Kier molecular flexibility index (Phi) is 6.37. The number of nitrogens with zero attached hydrogens (tertiary/aromatic N) is 5. The fourth-order valence-corrected chi connectivity index (χ4v) is 3.98. The minimum absolute atomic E-state index is 0.194. The van der Waals surface area contributed by atoms with E-state index in [4.69, 9.17) is 4.74 Å². The molecule has 0 aliphatic heterocycles. The maximum absolute atomic E-state index is 5.29. The van der Waals surface area contributed by atoms with Gasteiger partial charge in [0.15, 0.2) is 0 Å². The summed E-state index contributed by atoms with van der Waals surface area (Å²) in [7, 11) is 5.85. The lowest BCUT2D eigenvalue weighted by Crippen LogP contribution is -2.27. The molecule has 1 unspecified atom stereocenters. The molecule has 0 bridgehead atoms. The van der Waals surface area contributed by atoms with Gasteiger partial charge in [0.05, 0.1) is 36.4 Å². The summed E-state index contributed by atoms with van der Waals surface area (Å²) in [6.45, 7) is 5.34. The van der Waals surface area contributed by atoms with Crippen LogP contribution in [-0.4, -0.2) is 52.2 Å². The third-order valence-electron chi connectivity index (χ3n) is 5.66. The Labute approximate surface area is 189 Å². The predicted molar refractivity (Wildman–Crippen MR) is 128 cm³/mol. The van der Waals surface area contributed by atoms with Crippen LogP contribution >= 0.6 is 0 Å². The first-order valence-electron chi connectivity index (χ1n) is 10.8. The van der Waals surface area contributed by atoms with E-state index in [2.05, 4.69) is 62.0 Å². The van der Waals surface area contributed by atoms with Crippen molar-refractivity contribution in [2.45, 2.75) is 26.4 Å². The Bertz CT molecular complexity index is 1200. The van der Waals surface area contributed by atoms with Gasteiger partial charge in [0.1, 0.15) is 23.2 Å². The molecule has 1 atom stereocenters. The highest BCUT2D eigenvalue weighted by atomic mass is 16.5. The van der Waals surface area contributed by atoms with Crippen LogP contribution < -0.4 is 10.1 Å². The summed E-state index contributed by atoms with van der Waals surface area (Å²) in [5.41, 5.74) is 4.29. The van der Waals surface area contributed by atoms with Crippen LogP contribution in [0.25, 0.3) is 11.0 Å². The van der Waals surface area contributed by atoms with E-state index in [0.717, 1.165) is 46.5 Å². The molecule has 0 fully saturated rings. The molecule has 0 amide bonds. The maximum atomic E-state index is 5.29. The van der Waals surface area contributed by atoms with Gasteiger partial charge in [-0.1, -0.05) is 24.3 Å². The fraction of sp³-hybridized carbons (Fsp3) is 0.320. The van der Waals surface area contributed by atoms with Crippen LogP contribution in [0.5, 0.6) is 5.75 Å². The van der Waals surface area contributed by atoms with Gasteiger partial charge in [-0.3, -0.25) is 0 Å². The van der Waals surface area contributed by atoms with E-state index in [-0.39, 0.29) is 6.04 Å². The molecular formula is C25H30N6O. The van der Waals surface area contributed by atoms with Gasteiger partial charge in [0.2, 0.25) is 0 Å². The van der Waals surface area contributed by atoms with Crippen LogP contribution in [0.2, 0.25) is 0 Å². The van der Waals surface area contributed by atoms with Crippen LogP contribution in [0.15, 0.2) is 54.6 Å². The molecule has 0 saturated heterocycles. The van der Waals surface area contributed by atoms with E-state index in [1.54, 1.807) is 7.11 Å². The Morgan fingerprint density at radius 3 is 2.47 bits per heavy atom. The zero-order chi connectivity index (χ0) is 22.7. The van der Waals surface area contributed by atoms with Crippen molar-refractivity contribution in [2.24, 2.45) is 0 Å². The highest BCUT2D eigenvalue weighted by Crippen LogP contribution is 2.22. The molecule has 0 saturated carbocycles. The van der Waals surface area contributed by atoms with Crippen molar-refractivity contribution in [3.63, 3.8) is 0 Å². The van der Waals surface area contributed by atoms with Crippen LogP contribution in [0.4, 0.5) is 5.82 Å². The molecule has 2 aromatic carbocycles. The second-order valence-electron chi connectivity index (χ2n) is 8.16. The minimum Gasteiger partial charge on any atom is -0.497 e. The number of methoxy groups -OCH3 is 1. The molecule has 7 heteroatoms. The quantitative estimate of drug-likeness (QED) is 0.452. The largest absolute Gasteiger partial charge is 0.497 e. The SMILES string of the molecule is COc1ccc(C(CNc2cc(Cn3c(C)nc4ccccc43)nc(C)n2)N(C)C)cc1. The van der Waals surface area contributed by atoms with Crippen molar-refractivity contribution in [3.05, 3.63) is 77.5 Å². The topological polar surface area (TPSA) is 68.1 Å². The second-order valence-corrected chi connectivity index (χ2v) is 8.16. The summed E-state index contributed by atoms with van der Waals surface area (Å²) < 4.78 is 7.49. The van der Waals surface area contributed by atoms with Gasteiger partial charge in [0, 0.05) is 12.6 Å². The number of hydrogen-bond donors (Lipinski definition) is 1. The summed E-state index contributed by atoms with van der Waals surface area (Å²) in [6.07, 6.45) is 0. The molecule has 2 heterocycles. The normalized spacial score (nSPS) is 12.3. The first-order chi connectivity index (χ1) is 15.4. The van der Waals surface area contributed by atoms with Gasteiger partial charge in [-0.25, -0.2) is 15.0 Å². The smallest absolute Gasteiger partial charge is 0.130 e. The standard InChI is InChI=1S/C25H30N6O/c1-17-27-20(16-31-18(2)29-22-8-6-7-9-23(22)31)14-25(28-17)26-15-24(30(3)4)19-10-12-21(32-5)13-11-19/h6-14,24H,15-16H2,1-5H3,(H,26,27,28). The zero-order valence-electron chi connectivity index (χ0n) is 19.3. The highest BCUT2D eigenvalue weighted by Gasteiger charge is 2.15. The van der Waals surface area contributed by atoms with E-state index in [1.807, 2.05) is 50.2 Å². The van der Waals surface area contributed by atoms with Crippen molar-refractivity contribution in [1.82, 2.24) is 24.4 Å². The van der Waals surface area contributed by atoms with E-state index in [9.17, 15) is 0 Å². The molecule has 4 rings (SSSR count). The van der Waals surface area contributed by atoms with Gasteiger partial charge < -0.3 is 19.5 Å². The van der Waals surface area contributed by atoms with E-state index in [0.29, 0.717) is 6.54 Å². The number of hydrogen-bond acceptors (Lipinski definition) is 6. The van der Waals surface area contributed by atoms with Crippen LogP contribution in [0.3, 0.4) is 0 Å². The summed E-state index contributed by atoms with van der Waals surface area (Å²) >= 11 is 0. The lowest BCUT2D eigenvalue weighted by molar-refractivity contribution is 0.311. The van der Waals surface area contributed by atoms with Gasteiger partial charge in [0.25, 0.3) is 0 Å². The molecule has 1 N–H and O–H groups in total. The maximum Gasteiger partial charge on any atom is 0.130 e. The molecule has 0 radical (unpaired) electrons. The first kappa shape index (κ1) is 21.8. The average Bonchev–Trinajstić information content (AvgIpc) is 3.09. The van der Waals surface area contributed by atoms with Crippen LogP contribution in [0.1, 0.15) is 28.9 Å². The summed E-state index contributed by atoms with van der Waals surface area (Å²) in [5, 5.41) is 3.52. The number of anilines is 1. The predicted octanol–water partition coefficient (Wildman–Crippen LogP) is 4.21. The Hall–Kier alpha value is -3.45. The van der Waals surface area contributed by atoms with Gasteiger partial charge in [-0.2, -0.15) is 0 Å². The van der Waals surface area contributed by atoms with Gasteiger partial charge in [-0.15, -0.1) is 0 Å². The number of rotatable bonds is 8. The minimum atomic E-state index is 0.194. The molecule has 2 aromatic heterocycles. The molecule has 0 aliphatic rings. The van der Waals surface area contributed by atoms with Crippen molar-refractivity contribution in [1.29, 1.82) is 0 Å². The third-order valence-corrected chi connectivity index (χ3v) is 5.66. The van der Waals surface area contributed by atoms with Crippen molar-refractivity contribution in [2.75, 3.05) is 33.1 Å². The third kappa shape index (κ3) is 4.73. The van der Waals surface area contributed by atoms with E-state index < -0.39 is 0 Å². The average molecular weight is 431 g/mol. The number of likely N-dealkylation sites (N-methyl/N-ethyl adjacent to an activating group) is 1. The molecule has 0 spiro atoms. The number of para-hydroxylation sites is 2. The molecule has 32 heavy (non-hydrogen) atoms. The number of imidazole rings is 1. The Morgan fingerprint density at radius 2 is 1.75 bits per heavy atom. The van der Waals surface area contributed by atoms with E-state index in [1.165, 1.54) is 5.56 Å². The van der Waals surface area contributed by atoms with Gasteiger partial charge in [-0.05, 0) is 57.8 Å².